The number of primary sulfonamides is 1. The van der Waals surface area contributed by atoms with Crippen molar-refractivity contribution in [3.63, 3.8) is 0 Å². The van der Waals surface area contributed by atoms with Gasteiger partial charge in [0.25, 0.3) is 0 Å². The number of hydrogen-bond donors (Lipinski definition) is 4. The number of unbranched alkanes of at least 4 members (excludes halogenated alkanes) is 7. The summed E-state index contributed by atoms with van der Waals surface area (Å²) in [6, 6.07) is 17.0. The van der Waals surface area contributed by atoms with E-state index < -0.39 is 16.0 Å². The van der Waals surface area contributed by atoms with Crippen molar-refractivity contribution in [1.82, 2.24) is 15.1 Å². The van der Waals surface area contributed by atoms with Gasteiger partial charge in [0, 0.05) is 24.6 Å². The molecule has 0 radical (unpaired) electrons. The van der Waals surface area contributed by atoms with Gasteiger partial charge in [-0.1, -0.05) is 68.9 Å². The summed E-state index contributed by atoms with van der Waals surface area (Å²) in [5.74, 6) is -0.372. The number of rotatable bonds is 15. The SMILES string of the molecule is NS(=O)(=O)c1ccc(-n2nc(NC(=O)NCCCCCCCCCCC(=O)O)cc2-c2ccccc2)cc1. The fourth-order valence-corrected chi connectivity index (χ4v) is 4.57. The summed E-state index contributed by atoms with van der Waals surface area (Å²) in [5.41, 5.74) is 2.23. The van der Waals surface area contributed by atoms with Crippen molar-refractivity contribution in [2.75, 3.05) is 11.9 Å². The lowest BCUT2D eigenvalue weighted by Crippen LogP contribution is -2.29. The first-order valence-electron chi connectivity index (χ1n) is 12.8. The maximum absolute atomic E-state index is 12.5. The topological polar surface area (TPSA) is 156 Å². The van der Waals surface area contributed by atoms with Crippen LogP contribution in [0.15, 0.2) is 65.6 Å². The Labute approximate surface area is 223 Å². The standard InChI is InChI=1S/C27H35N5O5S/c28-38(36,37)23-17-15-22(16-18-23)32-24(21-12-8-7-9-13-21)20-25(31-32)30-27(35)29-19-11-6-4-2-1-3-5-10-14-26(33)34/h7-9,12-13,15-18,20H,1-6,10-11,14,19H2,(H,33,34)(H2,28,36,37)(H2,29,30,31,35). The molecule has 1 heterocycles. The third-order valence-corrected chi connectivity index (χ3v) is 6.96. The highest BCUT2D eigenvalue weighted by molar-refractivity contribution is 7.89. The number of hydrogen-bond acceptors (Lipinski definition) is 5. The van der Waals surface area contributed by atoms with Gasteiger partial charge in [-0.05, 0) is 37.1 Å². The molecule has 1 aromatic heterocycles. The Balaban J connectivity index is 1.50. The van der Waals surface area contributed by atoms with Gasteiger partial charge in [-0.15, -0.1) is 5.10 Å². The van der Waals surface area contributed by atoms with Gasteiger partial charge in [-0.2, -0.15) is 0 Å². The highest BCUT2D eigenvalue weighted by Crippen LogP contribution is 2.26. The lowest BCUT2D eigenvalue weighted by atomic mass is 10.1. The van der Waals surface area contributed by atoms with Crippen molar-refractivity contribution >= 4 is 27.8 Å². The quantitative estimate of drug-likeness (QED) is 0.200. The number of sulfonamides is 1. The van der Waals surface area contributed by atoms with Crippen LogP contribution in [0.3, 0.4) is 0 Å². The van der Waals surface area contributed by atoms with Gasteiger partial charge in [0.1, 0.15) is 0 Å². The molecule has 2 amide bonds. The number of anilines is 1. The Morgan fingerprint density at radius 3 is 2.08 bits per heavy atom. The number of nitrogens with two attached hydrogens (primary N) is 1. The summed E-state index contributed by atoms with van der Waals surface area (Å²) >= 11 is 0. The Kier molecular flexibility index (Phi) is 10.9. The van der Waals surface area contributed by atoms with Crippen molar-refractivity contribution < 1.29 is 23.1 Å². The van der Waals surface area contributed by atoms with Crippen LogP contribution >= 0.6 is 0 Å². The van der Waals surface area contributed by atoms with Gasteiger partial charge < -0.3 is 10.4 Å². The number of aromatic nitrogens is 2. The zero-order valence-electron chi connectivity index (χ0n) is 21.3. The Morgan fingerprint density at radius 2 is 1.47 bits per heavy atom. The second-order valence-corrected chi connectivity index (χ2v) is 10.6. The highest BCUT2D eigenvalue weighted by atomic mass is 32.2. The number of carbonyl (C=O) groups is 2. The van der Waals surface area contributed by atoms with Gasteiger partial charge >= 0.3 is 12.0 Å². The number of carbonyl (C=O) groups excluding carboxylic acids is 1. The summed E-state index contributed by atoms with van der Waals surface area (Å²) in [4.78, 5) is 23.0. The molecule has 2 aromatic carbocycles. The number of nitrogens with one attached hydrogen (secondary N) is 2. The summed E-state index contributed by atoms with van der Waals surface area (Å²) in [6.45, 7) is 0.547. The Morgan fingerprint density at radius 1 is 0.868 bits per heavy atom. The van der Waals surface area contributed by atoms with Crippen molar-refractivity contribution in [2.24, 2.45) is 5.14 Å². The molecule has 11 heteroatoms. The van der Waals surface area contributed by atoms with E-state index in [-0.39, 0.29) is 17.3 Å². The van der Waals surface area contributed by atoms with E-state index in [1.54, 1.807) is 22.9 Å². The third-order valence-electron chi connectivity index (χ3n) is 6.03. The van der Waals surface area contributed by atoms with Crippen LogP contribution in [0.25, 0.3) is 16.9 Å². The van der Waals surface area contributed by atoms with Gasteiger partial charge in [0.2, 0.25) is 10.0 Å². The van der Waals surface area contributed by atoms with E-state index >= 15 is 0 Å². The van der Waals surface area contributed by atoms with E-state index in [0.717, 1.165) is 62.6 Å². The van der Waals surface area contributed by atoms with Crippen LogP contribution in [0.5, 0.6) is 0 Å². The molecule has 0 unspecified atom stereocenters. The summed E-state index contributed by atoms with van der Waals surface area (Å²) in [6.07, 6.45) is 8.17. The number of urea groups is 1. The van der Waals surface area contributed by atoms with E-state index in [0.29, 0.717) is 18.1 Å². The van der Waals surface area contributed by atoms with E-state index in [1.807, 2.05) is 30.3 Å². The molecule has 0 bridgehead atoms. The number of carboxylic acid groups (broad SMARTS) is 1. The smallest absolute Gasteiger partial charge is 0.320 e. The summed E-state index contributed by atoms with van der Waals surface area (Å²) < 4.78 is 24.9. The average molecular weight is 542 g/mol. The van der Waals surface area contributed by atoms with Gasteiger partial charge in [-0.25, -0.2) is 23.0 Å². The predicted molar refractivity (Wildman–Crippen MR) is 147 cm³/mol. The molecule has 0 atom stereocenters. The molecule has 0 aliphatic heterocycles. The second kappa shape index (κ2) is 14.3. The number of aliphatic carboxylic acids is 1. The zero-order valence-corrected chi connectivity index (χ0v) is 22.1. The fourth-order valence-electron chi connectivity index (χ4n) is 4.05. The van der Waals surface area contributed by atoms with Crippen LogP contribution in [-0.2, 0) is 14.8 Å². The third kappa shape index (κ3) is 9.31. The van der Waals surface area contributed by atoms with Crippen molar-refractivity contribution in [3.05, 3.63) is 60.7 Å². The normalized spacial score (nSPS) is 11.3. The molecule has 3 aromatic rings. The van der Waals surface area contributed by atoms with Crippen molar-refractivity contribution in [2.45, 2.75) is 62.7 Å². The molecule has 0 saturated carbocycles. The zero-order chi connectivity index (χ0) is 27.4. The minimum absolute atomic E-state index is 0.00290. The minimum Gasteiger partial charge on any atom is -0.481 e. The monoisotopic (exact) mass is 541 g/mol. The molecule has 10 nitrogen and oxygen atoms in total. The van der Waals surface area contributed by atoms with Crippen molar-refractivity contribution in [3.8, 4) is 16.9 Å². The van der Waals surface area contributed by atoms with Crippen molar-refractivity contribution in [1.29, 1.82) is 0 Å². The van der Waals surface area contributed by atoms with E-state index in [9.17, 15) is 18.0 Å². The summed E-state index contributed by atoms with van der Waals surface area (Å²) in [5, 5.41) is 24.0. The van der Waals surface area contributed by atoms with Crippen LogP contribution in [0.4, 0.5) is 10.6 Å². The Hall–Kier alpha value is -3.70. The molecule has 38 heavy (non-hydrogen) atoms. The van der Waals surface area contributed by atoms with Crippen LogP contribution in [0.1, 0.15) is 57.8 Å². The lowest BCUT2D eigenvalue weighted by Gasteiger charge is -2.08. The first-order valence-corrected chi connectivity index (χ1v) is 14.3. The number of nitrogens with zero attached hydrogens (tertiary/aromatic N) is 2. The fraction of sp³-hybridized carbons (Fsp3) is 0.370. The minimum atomic E-state index is -3.81. The van der Waals surface area contributed by atoms with Crippen LogP contribution in [-0.4, -0.2) is 41.8 Å². The molecule has 0 fully saturated rings. The first-order chi connectivity index (χ1) is 18.2. The molecular formula is C27H35N5O5S. The van der Waals surface area contributed by atoms with E-state index in [1.165, 1.54) is 12.1 Å². The molecule has 0 saturated heterocycles. The van der Waals surface area contributed by atoms with E-state index in [2.05, 4.69) is 15.7 Å². The molecular weight excluding hydrogens is 506 g/mol. The molecule has 0 aliphatic rings. The first kappa shape index (κ1) is 28.9. The lowest BCUT2D eigenvalue weighted by molar-refractivity contribution is -0.137. The van der Waals surface area contributed by atoms with Crippen LogP contribution in [0, 0.1) is 0 Å². The van der Waals surface area contributed by atoms with Gasteiger partial charge in [0.05, 0.1) is 16.3 Å². The summed E-state index contributed by atoms with van der Waals surface area (Å²) in [7, 11) is -3.81. The molecule has 3 rings (SSSR count). The van der Waals surface area contributed by atoms with Crippen LogP contribution < -0.4 is 15.8 Å². The molecule has 0 spiro atoms. The van der Waals surface area contributed by atoms with Gasteiger partial charge in [-0.3, -0.25) is 10.1 Å². The predicted octanol–water partition coefficient (Wildman–Crippen LogP) is 4.90. The highest BCUT2D eigenvalue weighted by Gasteiger charge is 2.15. The average Bonchev–Trinajstić information content (AvgIpc) is 3.31. The molecule has 204 valence electrons. The number of benzene rings is 2. The molecule has 0 aliphatic carbocycles. The number of carboxylic acids is 1. The maximum Gasteiger partial charge on any atom is 0.320 e. The second-order valence-electron chi connectivity index (χ2n) is 9.08. The largest absolute Gasteiger partial charge is 0.481 e. The van der Waals surface area contributed by atoms with Gasteiger partial charge in [0.15, 0.2) is 5.82 Å². The molecule has 5 N–H and O–H groups in total. The Bertz CT molecular complexity index is 1290. The van der Waals surface area contributed by atoms with E-state index in [4.69, 9.17) is 10.2 Å². The van der Waals surface area contributed by atoms with Crippen LogP contribution in [0.2, 0.25) is 0 Å². The number of amides is 2. The maximum atomic E-state index is 12.5.